The van der Waals surface area contributed by atoms with E-state index in [0.29, 0.717) is 17.5 Å². The van der Waals surface area contributed by atoms with Crippen molar-refractivity contribution in [3.63, 3.8) is 0 Å². The van der Waals surface area contributed by atoms with Crippen LogP contribution in [0.15, 0.2) is 42.5 Å². The number of hydrogen-bond donors (Lipinski definition) is 1. The molecule has 0 radical (unpaired) electrons. The number of ketones is 1. The van der Waals surface area contributed by atoms with Gasteiger partial charge in [0, 0.05) is 17.0 Å². The maximum atomic E-state index is 12.3. The molecule has 2 atom stereocenters. The fraction of sp³-hybridized carbons (Fsp3) is 0.350. The van der Waals surface area contributed by atoms with Crippen LogP contribution in [-0.2, 0) is 6.42 Å². The van der Waals surface area contributed by atoms with Crippen LogP contribution in [0.25, 0.3) is 0 Å². The summed E-state index contributed by atoms with van der Waals surface area (Å²) in [5.41, 5.74) is 2.95. The molecular weight excluding hydrogens is 357 g/mol. The van der Waals surface area contributed by atoms with E-state index in [-0.39, 0.29) is 24.3 Å². The molecular formula is C20H23Cl2NO2. The van der Waals surface area contributed by atoms with E-state index in [1.807, 2.05) is 31.2 Å². The Morgan fingerprint density at radius 3 is 2.80 bits per heavy atom. The maximum Gasteiger partial charge on any atom is 0.168 e. The summed E-state index contributed by atoms with van der Waals surface area (Å²) in [6, 6.07) is 14.0. The summed E-state index contributed by atoms with van der Waals surface area (Å²) >= 11 is 6.01. The second-order valence-electron chi connectivity index (χ2n) is 6.49. The van der Waals surface area contributed by atoms with Crippen molar-refractivity contribution in [2.45, 2.75) is 38.8 Å². The number of fused-ring (bicyclic) bond motifs is 1. The van der Waals surface area contributed by atoms with Gasteiger partial charge in [-0.05, 0) is 49.2 Å². The van der Waals surface area contributed by atoms with Gasteiger partial charge >= 0.3 is 0 Å². The number of benzene rings is 2. The number of para-hydroxylation sites is 1. The molecule has 1 aliphatic heterocycles. The Morgan fingerprint density at radius 2 is 2.08 bits per heavy atom. The second kappa shape index (κ2) is 8.70. The molecule has 2 unspecified atom stereocenters. The molecule has 0 spiro atoms. The van der Waals surface area contributed by atoms with Crippen molar-refractivity contribution >= 4 is 17.4 Å². The highest BCUT2D eigenvalue weighted by molar-refractivity contribution is 6.31. The van der Waals surface area contributed by atoms with E-state index in [1.54, 1.807) is 12.1 Å². The number of rotatable bonds is 6. The average molecular weight is 380 g/mol. The lowest BCUT2D eigenvalue weighted by molar-refractivity contribution is -0.690. The first-order valence-electron chi connectivity index (χ1n) is 8.42. The largest absolute Gasteiger partial charge is 1.00 e. The highest BCUT2D eigenvalue weighted by atomic mass is 35.5. The van der Waals surface area contributed by atoms with Gasteiger partial charge in [-0.2, -0.15) is 0 Å². The molecule has 1 aliphatic rings. The van der Waals surface area contributed by atoms with Crippen molar-refractivity contribution in [2.75, 3.05) is 6.54 Å². The zero-order valence-corrected chi connectivity index (χ0v) is 16.0. The number of carbonyl (C=O) groups is 1. The Bertz CT molecular complexity index is 723. The predicted octanol–water partition coefficient (Wildman–Crippen LogP) is 0.181. The molecule has 2 aromatic carbocycles. The van der Waals surface area contributed by atoms with E-state index in [2.05, 4.69) is 18.3 Å². The van der Waals surface area contributed by atoms with Crippen molar-refractivity contribution < 1.29 is 27.3 Å². The SMILES string of the molecule is Cc1cc(C(=O)CC[NH2+]C(C)C2Cc3ccccc3O2)ccc1Cl.[Cl-]. The van der Waals surface area contributed by atoms with E-state index >= 15 is 0 Å². The lowest BCUT2D eigenvalue weighted by Crippen LogP contribution is -3.00. The van der Waals surface area contributed by atoms with Gasteiger partial charge in [0.25, 0.3) is 0 Å². The maximum absolute atomic E-state index is 12.3. The first-order chi connectivity index (χ1) is 11.5. The molecule has 3 rings (SSSR count). The molecule has 5 heteroatoms. The van der Waals surface area contributed by atoms with E-state index < -0.39 is 0 Å². The van der Waals surface area contributed by atoms with Crippen molar-refractivity contribution in [3.05, 3.63) is 64.2 Å². The number of ether oxygens (including phenoxy) is 1. The molecule has 25 heavy (non-hydrogen) atoms. The molecule has 0 bridgehead atoms. The van der Waals surface area contributed by atoms with Gasteiger partial charge in [-0.15, -0.1) is 0 Å². The van der Waals surface area contributed by atoms with Crippen LogP contribution in [0, 0.1) is 6.92 Å². The fourth-order valence-electron chi connectivity index (χ4n) is 3.09. The standard InChI is InChI=1S/C20H22ClNO2.ClH/c1-13-11-15(7-8-17(13)21)18(23)9-10-22-14(2)20-12-16-5-3-4-6-19(16)24-20;/h3-8,11,14,20,22H,9-10,12H2,1-2H3;1H. The molecule has 1 heterocycles. The van der Waals surface area contributed by atoms with E-state index in [0.717, 1.165) is 29.8 Å². The summed E-state index contributed by atoms with van der Waals surface area (Å²) in [7, 11) is 0. The third-order valence-corrected chi connectivity index (χ3v) is 5.07. The lowest BCUT2D eigenvalue weighted by Gasteiger charge is -2.17. The van der Waals surface area contributed by atoms with E-state index in [9.17, 15) is 4.79 Å². The number of halogens is 2. The van der Waals surface area contributed by atoms with Crippen LogP contribution < -0.4 is 22.5 Å². The Kier molecular flexibility index (Phi) is 6.88. The summed E-state index contributed by atoms with van der Waals surface area (Å²) in [6.45, 7) is 4.84. The van der Waals surface area contributed by atoms with E-state index in [1.165, 1.54) is 5.56 Å². The Hall–Kier alpha value is -1.55. The van der Waals surface area contributed by atoms with Crippen LogP contribution >= 0.6 is 11.6 Å². The molecule has 2 aromatic rings. The molecule has 134 valence electrons. The van der Waals surface area contributed by atoms with Gasteiger partial charge < -0.3 is 22.5 Å². The van der Waals surface area contributed by atoms with Crippen molar-refractivity contribution in [1.82, 2.24) is 0 Å². The van der Waals surface area contributed by atoms with Crippen LogP contribution in [0.5, 0.6) is 5.75 Å². The molecule has 0 saturated heterocycles. The van der Waals surface area contributed by atoms with Crippen LogP contribution in [-0.4, -0.2) is 24.5 Å². The van der Waals surface area contributed by atoms with Gasteiger partial charge in [-0.25, -0.2) is 0 Å². The van der Waals surface area contributed by atoms with Crippen molar-refractivity contribution in [2.24, 2.45) is 0 Å². The minimum atomic E-state index is 0. The number of Topliss-reactive ketones (excluding diaryl/α,β-unsaturated/α-hetero) is 1. The molecule has 3 nitrogen and oxygen atoms in total. The molecule has 0 aromatic heterocycles. The zero-order valence-electron chi connectivity index (χ0n) is 14.5. The average Bonchev–Trinajstić information content (AvgIpc) is 3.01. The number of nitrogens with two attached hydrogens (primary N) is 1. The number of aryl methyl sites for hydroxylation is 1. The summed E-state index contributed by atoms with van der Waals surface area (Å²) in [5, 5.41) is 2.90. The monoisotopic (exact) mass is 379 g/mol. The van der Waals surface area contributed by atoms with Crippen molar-refractivity contribution in [3.8, 4) is 5.75 Å². The number of hydrogen-bond acceptors (Lipinski definition) is 2. The normalized spacial score (nSPS) is 16.5. The quantitative estimate of drug-likeness (QED) is 0.727. The highest BCUT2D eigenvalue weighted by Gasteiger charge is 2.29. The van der Waals surface area contributed by atoms with E-state index in [4.69, 9.17) is 16.3 Å². The van der Waals surface area contributed by atoms with Crippen LogP contribution in [0.4, 0.5) is 0 Å². The zero-order chi connectivity index (χ0) is 17.1. The Labute approximate surface area is 160 Å². The summed E-state index contributed by atoms with van der Waals surface area (Å²) < 4.78 is 6.01. The van der Waals surface area contributed by atoms with Gasteiger partial charge in [0.1, 0.15) is 11.8 Å². The minimum absolute atomic E-state index is 0. The van der Waals surface area contributed by atoms with Gasteiger partial charge in [-0.3, -0.25) is 4.79 Å². The van der Waals surface area contributed by atoms with Crippen LogP contribution in [0.1, 0.15) is 34.8 Å². The Balaban J connectivity index is 0.00000225. The fourth-order valence-corrected chi connectivity index (χ4v) is 3.21. The van der Waals surface area contributed by atoms with Crippen LogP contribution in [0.2, 0.25) is 5.02 Å². The van der Waals surface area contributed by atoms with Crippen molar-refractivity contribution in [1.29, 1.82) is 0 Å². The summed E-state index contributed by atoms with van der Waals surface area (Å²) in [4.78, 5) is 12.3. The second-order valence-corrected chi connectivity index (χ2v) is 6.90. The number of carbonyl (C=O) groups excluding carboxylic acids is 1. The van der Waals surface area contributed by atoms with Gasteiger partial charge in [0.2, 0.25) is 0 Å². The summed E-state index contributed by atoms with van der Waals surface area (Å²) in [6.07, 6.45) is 1.64. The first-order valence-corrected chi connectivity index (χ1v) is 8.79. The topological polar surface area (TPSA) is 42.9 Å². The third kappa shape index (κ3) is 4.75. The summed E-state index contributed by atoms with van der Waals surface area (Å²) in [5.74, 6) is 1.16. The number of quaternary nitrogens is 1. The lowest BCUT2D eigenvalue weighted by atomic mass is 10.0. The van der Waals surface area contributed by atoms with Gasteiger partial charge in [-0.1, -0.05) is 29.8 Å². The molecule has 0 saturated carbocycles. The third-order valence-electron chi connectivity index (χ3n) is 4.65. The minimum Gasteiger partial charge on any atom is -1.00 e. The first kappa shape index (κ1) is 19.8. The predicted molar refractivity (Wildman–Crippen MR) is 96.0 cm³/mol. The van der Waals surface area contributed by atoms with Gasteiger partial charge in [0.05, 0.1) is 13.0 Å². The Morgan fingerprint density at radius 1 is 1.32 bits per heavy atom. The van der Waals surface area contributed by atoms with Gasteiger partial charge in [0.15, 0.2) is 11.9 Å². The molecule has 0 aliphatic carbocycles. The highest BCUT2D eigenvalue weighted by Crippen LogP contribution is 2.28. The molecule has 0 fully saturated rings. The smallest absolute Gasteiger partial charge is 0.168 e. The molecule has 0 amide bonds. The molecule has 2 N–H and O–H groups in total. The van der Waals surface area contributed by atoms with Crippen LogP contribution in [0.3, 0.4) is 0 Å².